The van der Waals surface area contributed by atoms with Crippen LogP contribution in [0.3, 0.4) is 0 Å². The lowest BCUT2D eigenvalue weighted by atomic mass is 9.47. The maximum atomic E-state index is 12.1. The van der Waals surface area contributed by atoms with Gasteiger partial charge in [0.25, 0.3) is 0 Å². The van der Waals surface area contributed by atoms with E-state index in [2.05, 4.69) is 19.9 Å². The van der Waals surface area contributed by atoms with Crippen LogP contribution in [0.4, 0.5) is 0 Å². The first-order valence-electron chi connectivity index (χ1n) is 10.5. The lowest BCUT2D eigenvalue weighted by Gasteiger charge is -2.60. The normalized spacial score (nSPS) is 46.6. The van der Waals surface area contributed by atoms with E-state index in [1.54, 1.807) is 6.08 Å². The van der Waals surface area contributed by atoms with Gasteiger partial charge in [-0.05, 0) is 67.8 Å². The molecular weight excluding hydrogens is 326 g/mol. The zero-order chi connectivity index (χ0) is 19.3. The summed E-state index contributed by atoms with van der Waals surface area (Å²) in [4.78, 5) is 25.8. The van der Waals surface area contributed by atoms with Crippen LogP contribution in [-0.2, 0) is 9.59 Å². The van der Waals surface area contributed by atoms with Crippen molar-refractivity contribution in [2.75, 3.05) is 7.05 Å². The molecule has 0 aromatic heterocycles. The van der Waals surface area contributed by atoms with E-state index in [1.807, 2.05) is 25.8 Å². The maximum Gasteiger partial charge on any atom is 0.307 e. The highest BCUT2D eigenvalue weighted by molar-refractivity contribution is 5.89. The molecule has 7 atom stereocenters. The average molecular weight is 362 g/mol. The van der Waals surface area contributed by atoms with Gasteiger partial charge in [-0.15, -0.1) is 0 Å². The zero-order valence-corrected chi connectivity index (χ0v) is 17.0. The predicted molar refractivity (Wildman–Crippen MR) is 103 cm³/mol. The number of carbonyl (C=O) groups excluding carboxylic acids is 1. The number of rotatable bonds is 1. The van der Waals surface area contributed by atoms with Crippen LogP contribution in [0.25, 0.3) is 0 Å². The van der Waals surface area contributed by atoms with Crippen LogP contribution in [-0.4, -0.2) is 35.0 Å². The lowest BCUT2D eigenvalue weighted by molar-refractivity contribution is -0.152. The molecule has 0 aromatic rings. The van der Waals surface area contributed by atoms with Gasteiger partial charge in [-0.1, -0.05) is 33.8 Å². The fourth-order valence-electron chi connectivity index (χ4n) is 7.14. The minimum absolute atomic E-state index is 0.0314. The van der Waals surface area contributed by atoms with E-state index < -0.39 is 5.97 Å². The third-order valence-electron chi connectivity index (χ3n) is 8.43. The first kappa shape index (κ1) is 19.4. The van der Waals surface area contributed by atoms with Crippen LogP contribution < -0.4 is 0 Å². The second kappa shape index (κ2) is 6.69. The number of amides is 1. The van der Waals surface area contributed by atoms with Crippen molar-refractivity contribution in [2.45, 2.75) is 72.3 Å². The number of carbonyl (C=O) groups is 2. The second-order valence-electron chi connectivity index (χ2n) is 9.13. The Morgan fingerprint density at radius 2 is 1.81 bits per heavy atom. The van der Waals surface area contributed by atoms with Crippen LogP contribution >= 0.6 is 0 Å². The number of aliphatic carboxylic acids is 1. The molecule has 1 N–H and O–H groups in total. The van der Waals surface area contributed by atoms with Gasteiger partial charge < -0.3 is 10.0 Å². The Labute approximate surface area is 158 Å². The molecule has 0 aromatic carbocycles. The number of carboxylic acids is 1. The second-order valence-corrected chi connectivity index (χ2v) is 9.13. The monoisotopic (exact) mass is 361 g/mol. The molecule has 1 amide bonds. The van der Waals surface area contributed by atoms with Crippen LogP contribution in [0.5, 0.6) is 0 Å². The molecule has 1 heterocycles. The quantitative estimate of drug-likeness (QED) is 0.755. The van der Waals surface area contributed by atoms with Crippen LogP contribution in [0.15, 0.2) is 12.2 Å². The zero-order valence-electron chi connectivity index (χ0n) is 17.0. The standard InChI is InChI=1S/C20H29NO3.C2H6/c1-19-10-8-14-12(13(19)5-6-15(19)18(23)24)4-7-16-20(14,2)11-9-17(22)21(16)3;1-2/h9,11-16H,4-8,10H2,1-3H3,(H,23,24);1-2H3/t12?,13?,14?,15-,16?,19+,20?;/m1./s1. The molecule has 3 saturated carbocycles. The number of carboxylic acid groups (broad SMARTS) is 1. The Hall–Kier alpha value is -1.32. The summed E-state index contributed by atoms with van der Waals surface area (Å²) >= 11 is 0. The Bertz CT molecular complexity index is 615. The minimum Gasteiger partial charge on any atom is -0.481 e. The number of likely N-dealkylation sites (N-methyl/N-ethyl adjacent to an activating group) is 1. The summed E-state index contributed by atoms with van der Waals surface area (Å²) in [5.74, 6) is 1.09. The predicted octanol–water partition coefficient (Wildman–Crippen LogP) is 4.35. The Morgan fingerprint density at radius 3 is 2.46 bits per heavy atom. The molecule has 0 saturated heterocycles. The van der Waals surface area contributed by atoms with Crippen LogP contribution in [0, 0.1) is 34.5 Å². The summed E-state index contributed by atoms with van der Waals surface area (Å²) in [5.41, 5.74) is 0.0184. The fraction of sp³-hybridized carbons (Fsp3) is 0.818. The summed E-state index contributed by atoms with van der Waals surface area (Å²) < 4.78 is 0. The molecule has 5 unspecified atom stereocenters. The SMILES string of the molecule is CC.CN1C(=O)C=CC2(C)C3CC[C@@]4(C)C(CC[C@@H]4C(=O)O)C3CCC12. The molecule has 0 bridgehead atoms. The van der Waals surface area contributed by atoms with E-state index in [4.69, 9.17) is 0 Å². The highest BCUT2D eigenvalue weighted by Crippen LogP contribution is 2.65. The van der Waals surface area contributed by atoms with Gasteiger partial charge in [0.05, 0.1) is 5.92 Å². The van der Waals surface area contributed by atoms with Crippen molar-refractivity contribution in [3.63, 3.8) is 0 Å². The van der Waals surface area contributed by atoms with Crippen LogP contribution in [0.2, 0.25) is 0 Å². The highest BCUT2D eigenvalue weighted by atomic mass is 16.4. The first-order chi connectivity index (χ1) is 12.3. The van der Waals surface area contributed by atoms with E-state index in [9.17, 15) is 14.7 Å². The topological polar surface area (TPSA) is 57.6 Å². The van der Waals surface area contributed by atoms with E-state index in [1.165, 1.54) is 0 Å². The highest BCUT2D eigenvalue weighted by Gasteiger charge is 2.61. The van der Waals surface area contributed by atoms with Gasteiger partial charge in [0, 0.05) is 18.5 Å². The summed E-state index contributed by atoms with van der Waals surface area (Å²) in [7, 11) is 1.94. The van der Waals surface area contributed by atoms with Gasteiger partial charge >= 0.3 is 5.97 Å². The molecular formula is C22H35NO3. The van der Waals surface area contributed by atoms with Crippen molar-refractivity contribution < 1.29 is 14.7 Å². The fourth-order valence-corrected chi connectivity index (χ4v) is 7.14. The van der Waals surface area contributed by atoms with Crippen molar-refractivity contribution in [1.82, 2.24) is 4.90 Å². The molecule has 3 aliphatic carbocycles. The molecule has 3 fully saturated rings. The van der Waals surface area contributed by atoms with Crippen molar-refractivity contribution in [3.05, 3.63) is 12.2 Å². The first-order valence-corrected chi connectivity index (χ1v) is 10.5. The smallest absolute Gasteiger partial charge is 0.307 e. The molecule has 0 radical (unpaired) electrons. The molecule has 146 valence electrons. The van der Waals surface area contributed by atoms with E-state index in [0.717, 1.165) is 38.5 Å². The van der Waals surface area contributed by atoms with E-state index >= 15 is 0 Å². The third kappa shape index (κ3) is 2.55. The lowest BCUT2D eigenvalue weighted by Crippen LogP contribution is -2.59. The molecule has 4 nitrogen and oxygen atoms in total. The van der Waals surface area contributed by atoms with Crippen molar-refractivity contribution >= 4 is 11.9 Å². The molecule has 4 rings (SSSR count). The largest absolute Gasteiger partial charge is 0.481 e. The molecule has 0 spiro atoms. The Kier molecular flexibility index (Phi) is 5.00. The Balaban J connectivity index is 0.000000948. The molecule has 1 aliphatic heterocycles. The van der Waals surface area contributed by atoms with Gasteiger partial charge in [0.1, 0.15) is 0 Å². The van der Waals surface area contributed by atoms with Gasteiger partial charge in [0.15, 0.2) is 0 Å². The Morgan fingerprint density at radius 1 is 1.12 bits per heavy atom. The van der Waals surface area contributed by atoms with E-state index in [0.29, 0.717) is 23.8 Å². The number of fused-ring (bicyclic) bond motifs is 5. The third-order valence-corrected chi connectivity index (χ3v) is 8.43. The van der Waals surface area contributed by atoms with E-state index in [-0.39, 0.29) is 22.7 Å². The minimum atomic E-state index is -0.596. The van der Waals surface area contributed by atoms with Gasteiger partial charge in [-0.2, -0.15) is 0 Å². The van der Waals surface area contributed by atoms with Crippen molar-refractivity contribution in [1.29, 1.82) is 0 Å². The summed E-state index contributed by atoms with van der Waals surface area (Å²) in [6.45, 7) is 8.57. The van der Waals surface area contributed by atoms with Crippen molar-refractivity contribution in [2.24, 2.45) is 34.5 Å². The van der Waals surface area contributed by atoms with Gasteiger partial charge in [0.2, 0.25) is 5.91 Å². The molecule has 26 heavy (non-hydrogen) atoms. The maximum absolute atomic E-state index is 12.1. The summed E-state index contributed by atoms with van der Waals surface area (Å²) in [6.07, 6.45) is 10.2. The summed E-state index contributed by atoms with van der Waals surface area (Å²) in [5, 5.41) is 9.66. The van der Waals surface area contributed by atoms with Gasteiger partial charge in [-0.3, -0.25) is 9.59 Å². The number of hydrogen-bond acceptors (Lipinski definition) is 2. The number of nitrogens with zero attached hydrogens (tertiary/aromatic N) is 1. The molecule has 4 aliphatic rings. The van der Waals surface area contributed by atoms with Crippen LogP contribution in [0.1, 0.15) is 66.2 Å². The average Bonchev–Trinajstić information content (AvgIpc) is 2.98. The summed E-state index contributed by atoms with van der Waals surface area (Å²) in [6, 6.07) is 0.303. The van der Waals surface area contributed by atoms with Crippen molar-refractivity contribution in [3.8, 4) is 0 Å². The molecule has 4 heteroatoms. The van der Waals surface area contributed by atoms with Gasteiger partial charge in [-0.25, -0.2) is 0 Å². The number of hydrogen-bond donors (Lipinski definition) is 1.